The summed E-state index contributed by atoms with van der Waals surface area (Å²) in [4.78, 5) is 11.4. The Bertz CT molecular complexity index is 493. The van der Waals surface area contributed by atoms with Crippen LogP contribution in [0.4, 0.5) is 0 Å². The van der Waals surface area contributed by atoms with E-state index >= 15 is 0 Å². The minimum Gasteiger partial charge on any atom is -0.354 e. The van der Waals surface area contributed by atoms with Crippen LogP contribution in [0.5, 0.6) is 0 Å². The average molecular weight is 319 g/mol. The van der Waals surface area contributed by atoms with Crippen LogP contribution in [0, 0.1) is 0 Å². The second kappa shape index (κ2) is 3.82. The molecule has 14 heavy (non-hydrogen) atoms. The molecular weight excluding hydrogens is 314 g/mol. The molecule has 0 spiro atoms. The van der Waals surface area contributed by atoms with Crippen LogP contribution >= 0.6 is 31.9 Å². The number of nitrogens with zero attached hydrogens (tertiary/aromatic N) is 1. The summed E-state index contributed by atoms with van der Waals surface area (Å²) >= 11 is 6.42. The van der Waals surface area contributed by atoms with Gasteiger partial charge in [0, 0.05) is 0 Å². The zero-order valence-corrected chi connectivity index (χ0v) is 10.1. The number of fused-ring (bicyclic) bond motifs is 1. The Morgan fingerprint density at radius 1 is 1.50 bits per heavy atom. The summed E-state index contributed by atoms with van der Waals surface area (Å²) in [5, 5.41) is 4.73. The minimum atomic E-state index is -0.0816. The van der Waals surface area contributed by atoms with Crippen LogP contribution < -0.4 is 0 Å². The van der Waals surface area contributed by atoms with E-state index in [9.17, 15) is 4.79 Å². The highest BCUT2D eigenvalue weighted by atomic mass is 79.9. The molecule has 1 aromatic heterocycles. The van der Waals surface area contributed by atoms with Gasteiger partial charge >= 0.3 is 0 Å². The van der Waals surface area contributed by atoms with Gasteiger partial charge in [-0.25, -0.2) is 0 Å². The average Bonchev–Trinajstić information content (AvgIpc) is 2.62. The second-order valence-corrected chi connectivity index (χ2v) is 4.12. The third-order valence-electron chi connectivity index (χ3n) is 1.84. The maximum atomic E-state index is 11.4. The van der Waals surface area contributed by atoms with E-state index in [1.807, 2.05) is 18.2 Å². The van der Waals surface area contributed by atoms with Gasteiger partial charge in [-0.15, -0.1) is 0 Å². The second-order valence-electron chi connectivity index (χ2n) is 2.70. The molecule has 0 aliphatic heterocycles. The van der Waals surface area contributed by atoms with Crippen molar-refractivity contribution in [1.82, 2.24) is 5.16 Å². The molecule has 2 rings (SSSR count). The van der Waals surface area contributed by atoms with Crippen molar-refractivity contribution in [2.24, 2.45) is 0 Å². The van der Waals surface area contributed by atoms with Crippen molar-refractivity contribution in [2.45, 2.75) is 0 Å². The molecular formula is C9H5Br2NO2. The summed E-state index contributed by atoms with van der Waals surface area (Å²) in [5.41, 5.74) is 0.981. The van der Waals surface area contributed by atoms with E-state index in [-0.39, 0.29) is 11.1 Å². The topological polar surface area (TPSA) is 43.1 Å². The summed E-state index contributed by atoms with van der Waals surface area (Å²) < 4.78 is 5.87. The fourth-order valence-corrected chi connectivity index (χ4v) is 1.90. The molecule has 1 heterocycles. The van der Waals surface area contributed by atoms with Gasteiger partial charge in [-0.3, -0.25) is 4.79 Å². The van der Waals surface area contributed by atoms with Crippen LogP contribution in [-0.2, 0) is 0 Å². The van der Waals surface area contributed by atoms with Gasteiger partial charge in [0.25, 0.3) is 0 Å². The molecule has 0 N–H and O–H groups in total. The van der Waals surface area contributed by atoms with Crippen molar-refractivity contribution in [1.29, 1.82) is 0 Å². The Balaban J connectivity index is 2.70. The zero-order valence-electron chi connectivity index (χ0n) is 6.96. The summed E-state index contributed by atoms with van der Waals surface area (Å²) in [6.07, 6.45) is 0. The Morgan fingerprint density at radius 2 is 2.29 bits per heavy atom. The largest absolute Gasteiger partial charge is 0.354 e. The molecule has 0 unspecified atom stereocenters. The molecule has 0 aliphatic rings. The molecule has 2 aromatic rings. The van der Waals surface area contributed by atoms with E-state index in [1.165, 1.54) is 0 Å². The third-order valence-corrected chi connectivity index (χ3v) is 2.97. The van der Waals surface area contributed by atoms with Crippen molar-refractivity contribution in [3.8, 4) is 0 Å². The Labute approximate surface area is 96.7 Å². The summed E-state index contributed by atoms with van der Waals surface area (Å²) in [5.74, 6) is -0.0816. The van der Waals surface area contributed by atoms with E-state index in [1.54, 1.807) is 0 Å². The number of carbonyl (C=O) groups excluding carboxylic acids is 1. The lowest BCUT2D eigenvalue weighted by Crippen LogP contribution is -2.00. The van der Waals surface area contributed by atoms with Gasteiger partial charge in [0.1, 0.15) is 0 Å². The van der Waals surface area contributed by atoms with E-state index in [0.717, 1.165) is 9.86 Å². The molecule has 0 bridgehead atoms. The Morgan fingerprint density at radius 3 is 3.00 bits per heavy atom. The van der Waals surface area contributed by atoms with Crippen molar-refractivity contribution >= 4 is 48.6 Å². The fraction of sp³-hybridized carbons (Fsp3) is 0.111. The SMILES string of the molecule is O=C(CBr)c1noc2c(Br)cccc12. The zero-order chi connectivity index (χ0) is 10.1. The third kappa shape index (κ3) is 1.50. The number of carbonyl (C=O) groups is 1. The van der Waals surface area contributed by atoms with Crippen LogP contribution in [0.2, 0.25) is 0 Å². The Hall–Kier alpha value is -0.680. The highest BCUT2D eigenvalue weighted by Crippen LogP contribution is 2.26. The number of Topliss-reactive ketones (excluding diaryl/α,β-unsaturated/α-hetero) is 1. The maximum absolute atomic E-state index is 11.4. The van der Waals surface area contributed by atoms with E-state index < -0.39 is 0 Å². The summed E-state index contributed by atoms with van der Waals surface area (Å²) in [6, 6.07) is 5.50. The molecule has 0 fully saturated rings. The molecule has 0 atom stereocenters. The smallest absolute Gasteiger partial charge is 0.195 e. The molecule has 0 aliphatic carbocycles. The quantitative estimate of drug-likeness (QED) is 0.631. The van der Waals surface area contributed by atoms with Crippen molar-refractivity contribution in [2.75, 3.05) is 5.33 Å². The number of hydrogen-bond donors (Lipinski definition) is 0. The number of hydrogen-bond acceptors (Lipinski definition) is 3. The minimum absolute atomic E-state index is 0.0816. The van der Waals surface area contributed by atoms with Gasteiger partial charge in [0.15, 0.2) is 17.1 Å². The van der Waals surface area contributed by atoms with Crippen LogP contribution in [0.3, 0.4) is 0 Å². The summed E-state index contributed by atoms with van der Waals surface area (Å²) in [7, 11) is 0. The lowest BCUT2D eigenvalue weighted by molar-refractivity contribution is 0.101. The number of aromatic nitrogens is 1. The lowest BCUT2D eigenvalue weighted by atomic mass is 10.2. The van der Waals surface area contributed by atoms with Crippen LogP contribution in [0.25, 0.3) is 11.0 Å². The van der Waals surface area contributed by atoms with Gasteiger partial charge < -0.3 is 4.52 Å². The standard InChI is InChI=1S/C9H5Br2NO2/c10-4-7(13)8-5-2-1-3-6(11)9(5)14-12-8/h1-3H,4H2. The number of alkyl halides is 1. The lowest BCUT2D eigenvalue weighted by Gasteiger charge is -1.91. The predicted octanol–water partition coefficient (Wildman–Crippen LogP) is 3.17. The summed E-state index contributed by atoms with van der Waals surface area (Å²) in [6.45, 7) is 0. The highest BCUT2D eigenvalue weighted by molar-refractivity contribution is 9.10. The van der Waals surface area contributed by atoms with Crippen LogP contribution in [0.15, 0.2) is 27.2 Å². The molecule has 0 amide bonds. The van der Waals surface area contributed by atoms with E-state index in [4.69, 9.17) is 4.52 Å². The van der Waals surface area contributed by atoms with Crippen molar-refractivity contribution in [3.63, 3.8) is 0 Å². The molecule has 0 saturated heterocycles. The number of ketones is 1. The molecule has 0 saturated carbocycles. The highest BCUT2D eigenvalue weighted by Gasteiger charge is 2.15. The van der Waals surface area contributed by atoms with Gasteiger partial charge in [0.2, 0.25) is 0 Å². The van der Waals surface area contributed by atoms with Gasteiger partial charge in [-0.2, -0.15) is 0 Å². The maximum Gasteiger partial charge on any atom is 0.195 e. The van der Waals surface area contributed by atoms with Crippen molar-refractivity contribution < 1.29 is 9.32 Å². The number of halogens is 2. The molecule has 72 valence electrons. The predicted molar refractivity (Wildman–Crippen MR) is 59.8 cm³/mol. The molecule has 5 heteroatoms. The first-order valence-corrected chi connectivity index (χ1v) is 5.78. The first kappa shape index (κ1) is 9.86. The molecule has 1 aromatic carbocycles. The Kier molecular flexibility index (Phi) is 2.69. The number of para-hydroxylation sites is 1. The van der Waals surface area contributed by atoms with Crippen LogP contribution in [-0.4, -0.2) is 16.3 Å². The van der Waals surface area contributed by atoms with E-state index in [0.29, 0.717) is 11.3 Å². The molecule has 0 radical (unpaired) electrons. The number of rotatable bonds is 2. The monoisotopic (exact) mass is 317 g/mol. The fourth-order valence-electron chi connectivity index (χ4n) is 1.19. The van der Waals surface area contributed by atoms with Crippen molar-refractivity contribution in [3.05, 3.63) is 28.4 Å². The number of benzene rings is 1. The normalized spacial score (nSPS) is 10.7. The van der Waals surface area contributed by atoms with E-state index in [2.05, 4.69) is 37.0 Å². The van der Waals surface area contributed by atoms with Gasteiger partial charge in [-0.05, 0) is 28.1 Å². The first-order chi connectivity index (χ1) is 6.74. The van der Waals surface area contributed by atoms with Gasteiger partial charge in [0.05, 0.1) is 15.2 Å². The molecule has 3 nitrogen and oxygen atoms in total. The van der Waals surface area contributed by atoms with Gasteiger partial charge in [-0.1, -0.05) is 27.2 Å². The van der Waals surface area contributed by atoms with Crippen LogP contribution in [0.1, 0.15) is 10.5 Å². The first-order valence-electron chi connectivity index (χ1n) is 3.87.